The zero-order chi connectivity index (χ0) is 18.7. The van der Waals surface area contributed by atoms with Gasteiger partial charge < -0.3 is 10.1 Å². The monoisotopic (exact) mass is 351 g/mol. The van der Waals surface area contributed by atoms with E-state index in [-0.39, 0.29) is 17.2 Å². The first-order valence-electron chi connectivity index (χ1n) is 8.27. The highest BCUT2D eigenvalue weighted by molar-refractivity contribution is 5.95. The number of benzene rings is 2. The van der Waals surface area contributed by atoms with Crippen LogP contribution in [0.25, 0.3) is 5.69 Å². The largest absolute Gasteiger partial charge is 0.367 e. The van der Waals surface area contributed by atoms with E-state index in [1.54, 1.807) is 18.7 Å². The SMILES string of the molecule is CO[C@@H](C(=O)Nc1c(C)n(C)n(-c2ccccc2)c1=O)c1ccccc1. The van der Waals surface area contributed by atoms with Crippen molar-refractivity contribution in [2.24, 2.45) is 7.05 Å². The summed E-state index contributed by atoms with van der Waals surface area (Å²) < 4.78 is 8.59. The first kappa shape index (κ1) is 17.7. The second-order valence-corrected chi connectivity index (χ2v) is 5.95. The Morgan fingerprint density at radius 1 is 1.04 bits per heavy atom. The number of para-hydroxylation sites is 1. The maximum Gasteiger partial charge on any atom is 0.295 e. The Bertz CT molecular complexity index is 959. The summed E-state index contributed by atoms with van der Waals surface area (Å²) in [6.07, 6.45) is -0.791. The van der Waals surface area contributed by atoms with Crippen LogP contribution in [0, 0.1) is 6.92 Å². The van der Waals surface area contributed by atoms with Crippen LogP contribution in [0.15, 0.2) is 65.5 Å². The Balaban J connectivity index is 1.96. The molecule has 2 aromatic carbocycles. The van der Waals surface area contributed by atoms with Gasteiger partial charge in [-0.15, -0.1) is 0 Å². The predicted molar refractivity (Wildman–Crippen MR) is 101 cm³/mol. The first-order valence-corrected chi connectivity index (χ1v) is 8.27. The molecule has 0 bridgehead atoms. The normalized spacial score (nSPS) is 12.0. The van der Waals surface area contributed by atoms with Gasteiger partial charge in [0.25, 0.3) is 11.5 Å². The van der Waals surface area contributed by atoms with Crippen LogP contribution >= 0.6 is 0 Å². The third-order valence-electron chi connectivity index (χ3n) is 4.38. The lowest BCUT2D eigenvalue weighted by Crippen LogP contribution is -2.27. The van der Waals surface area contributed by atoms with E-state index in [0.29, 0.717) is 5.69 Å². The molecular weight excluding hydrogens is 330 g/mol. The number of carbonyl (C=O) groups excluding carboxylic acids is 1. The summed E-state index contributed by atoms with van der Waals surface area (Å²) in [7, 11) is 3.25. The van der Waals surface area contributed by atoms with Gasteiger partial charge >= 0.3 is 0 Å². The molecule has 0 radical (unpaired) electrons. The molecule has 0 fully saturated rings. The molecule has 1 amide bonds. The number of ether oxygens (including phenoxy) is 1. The molecule has 0 saturated heterocycles. The van der Waals surface area contributed by atoms with Crippen molar-refractivity contribution in [2.75, 3.05) is 12.4 Å². The second-order valence-electron chi connectivity index (χ2n) is 5.95. The van der Waals surface area contributed by atoms with Gasteiger partial charge in [-0.25, -0.2) is 4.68 Å². The first-order chi connectivity index (χ1) is 12.5. The van der Waals surface area contributed by atoms with Crippen LogP contribution in [-0.4, -0.2) is 22.4 Å². The van der Waals surface area contributed by atoms with Gasteiger partial charge in [0.15, 0.2) is 6.10 Å². The topological polar surface area (TPSA) is 65.3 Å². The number of hydrogen-bond donors (Lipinski definition) is 1. The fourth-order valence-corrected chi connectivity index (χ4v) is 2.92. The standard InChI is InChI=1S/C20H21N3O3/c1-14-17(20(25)23(22(14)2)16-12-8-5-9-13-16)21-19(24)18(26-3)15-10-6-4-7-11-15/h4-13,18H,1-3H3,(H,21,24)/t18-/m1/s1. The summed E-state index contributed by atoms with van der Waals surface area (Å²) >= 11 is 0. The smallest absolute Gasteiger partial charge is 0.295 e. The number of carbonyl (C=O) groups is 1. The van der Waals surface area contributed by atoms with Crippen molar-refractivity contribution in [3.8, 4) is 5.69 Å². The zero-order valence-electron chi connectivity index (χ0n) is 15.0. The number of rotatable bonds is 5. The van der Waals surface area contributed by atoms with Crippen LogP contribution in [0.3, 0.4) is 0 Å². The molecule has 0 aliphatic carbocycles. The van der Waals surface area contributed by atoms with Crippen molar-refractivity contribution >= 4 is 11.6 Å². The fraction of sp³-hybridized carbons (Fsp3) is 0.200. The van der Waals surface area contributed by atoms with E-state index in [1.165, 1.54) is 11.8 Å². The summed E-state index contributed by atoms with van der Waals surface area (Å²) in [5.74, 6) is -0.385. The van der Waals surface area contributed by atoms with Gasteiger partial charge in [0.2, 0.25) is 0 Å². The van der Waals surface area contributed by atoms with E-state index >= 15 is 0 Å². The third kappa shape index (κ3) is 3.19. The van der Waals surface area contributed by atoms with Crippen molar-refractivity contribution in [3.05, 3.63) is 82.3 Å². The molecule has 0 spiro atoms. The van der Waals surface area contributed by atoms with Gasteiger partial charge in [-0.2, -0.15) is 0 Å². The number of methoxy groups -OCH3 is 1. The fourth-order valence-electron chi connectivity index (χ4n) is 2.92. The van der Waals surface area contributed by atoms with Crippen molar-refractivity contribution in [1.82, 2.24) is 9.36 Å². The molecule has 6 nitrogen and oxygen atoms in total. The third-order valence-corrected chi connectivity index (χ3v) is 4.38. The molecule has 3 aromatic rings. The molecule has 0 saturated carbocycles. The van der Waals surface area contributed by atoms with Gasteiger partial charge in [0, 0.05) is 14.2 Å². The lowest BCUT2D eigenvalue weighted by atomic mass is 10.1. The van der Waals surface area contributed by atoms with E-state index in [9.17, 15) is 9.59 Å². The number of hydrogen-bond acceptors (Lipinski definition) is 3. The number of anilines is 1. The summed E-state index contributed by atoms with van der Waals surface area (Å²) in [6.45, 7) is 1.79. The average molecular weight is 351 g/mol. The van der Waals surface area contributed by atoms with Crippen LogP contribution in [0.1, 0.15) is 17.4 Å². The minimum Gasteiger partial charge on any atom is -0.367 e. The van der Waals surface area contributed by atoms with Gasteiger partial charge in [-0.1, -0.05) is 48.5 Å². The lowest BCUT2D eigenvalue weighted by Gasteiger charge is -2.15. The number of nitrogens with zero attached hydrogens (tertiary/aromatic N) is 2. The van der Waals surface area contributed by atoms with Crippen LogP contribution in [-0.2, 0) is 16.6 Å². The summed E-state index contributed by atoms with van der Waals surface area (Å²) in [5.41, 5.74) is 2.08. The summed E-state index contributed by atoms with van der Waals surface area (Å²) in [5, 5.41) is 2.74. The predicted octanol–water partition coefficient (Wildman–Crippen LogP) is 2.81. The van der Waals surface area contributed by atoms with Crippen molar-refractivity contribution in [3.63, 3.8) is 0 Å². The average Bonchev–Trinajstić information content (AvgIpc) is 2.87. The minimum atomic E-state index is -0.791. The number of aromatic nitrogens is 2. The van der Waals surface area contributed by atoms with Crippen LogP contribution in [0.2, 0.25) is 0 Å². The lowest BCUT2D eigenvalue weighted by molar-refractivity contribution is -0.126. The molecule has 3 rings (SSSR count). The Morgan fingerprint density at radius 3 is 2.19 bits per heavy atom. The van der Waals surface area contributed by atoms with Crippen molar-refractivity contribution < 1.29 is 9.53 Å². The van der Waals surface area contributed by atoms with E-state index in [0.717, 1.165) is 11.3 Å². The molecule has 26 heavy (non-hydrogen) atoms. The van der Waals surface area contributed by atoms with Crippen molar-refractivity contribution in [2.45, 2.75) is 13.0 Å². The molecular formula is C20H21N3O3. The van der Waals surface area contributed by atoms with Gasteiger partial charge in [0.1, 0.15) is 5.69 Å². The molecule has 0 aliphatic heterocycles. The van der Waals surface area contributed by atoms with E-state index in [1.807, 2.05) is 60.7 Å². The molecule has 0 unspecified atom stereocenters. The molecule has 1 N–H and O–H groups in total. The molecule has 1 heterocycles. The van der Waals surface area contributed by atoms with Gasteiger partial charge in [-0.3, -0.25) is 14.3 Å². The zero-order valence-corrected chi connectivity index (χ0v) is 15.0. The quantitative estimate of drug-likeness (QED) is 0.769. The van der Waals surface area contributed by atoms with Crippen molar-refractivity contribution in [1.29, 1.82) is 0 Å². The van der Waals surface area contributed by atoms with Gasteiger partial charge in [-0.05, 0) is 24.6 Å². The second kappa shape index (κ2) is 7.41. The molecule has 6 heteroatoms. The van der Waals surface area contributed by atoms with Crippen LogP contribution in [0.5, 0.6) is 0 Å². The number of amides is 1. The highest BCUT2D eigenvalue weighted by Gasteiger charge is 2.24. The number of nitrogens with one attached hydrogen (secondary N) is 1. The van der Waals surface area contributed by atoms with E-state index in [4.69, 9.17) is 4.74 Å². The van der Waals surface area contributed by atoms with Gasteiger partial charge in [0.05, 0.1) is 11.4 Å². The van der Waals surface area contributed by atoms with E-state index in [2.05, 4.69) is 5.32 Å². The Kier molecular flexibility index (Phi) is 5.04. The highest BCUT2D eigenvalue weighted by atomic mass is 16.5. The van der Waals surface area contributed by atoms with Crippen LogP contribution < -0.4 is 10.9 Å². The maximum absolute atomic E-state index is 12.9. The Morgan fingerprint density at radius 2 is 1.62 bits per heavy atom. The summed E-state index contributed by atoms with van der Waals surface area (Å²) in [6, 6.07) is 18.5. The Hall–Kier alpha value is -3.12. The molecule has 134 valence electrons. The molecule has 0 aliphatic rings. The Labute approximate surface area is 151 Å². The van der Waals surface area contributed by atoms with E-state index < -0.39 is 6.10 Å². The minimum absolute atomic E-state index is 0.249. The molecule has 1 aromatic heterocycles. The summed E-state index contributed by atoms with van der Waals surface area (Å²) in [4.78, 5) is 25.6. The highest BCUT2D eigenvalue weighted by Crippen LogP contribution is 2.20. The maximum atomic E-state index is 12.9. The van der Waals surface area contributed by atoms with Crippen LogP contribution in [0.4, 0.5) is 5.69 Å². The molecule has 1 atom stereocenters.